The third-order valence-electron chi connectivity index (χ3n) is 3.40. The number of thioether (sulfide) groups is 1. The third-order valence-corrected chi connectivity index (χ3v) is 6.22. The molecule has 134 valence electrons. The van der Waals surface area contributed by atoms with E-state index in [1.54, 1.807) is 35.2 Å². The van der Waals surface area contributed by atoms with Gasteiger partial charge < -0.3 is 10.0 Å². The number of hydrogen-bond donors (Lipinski definition) is 1. The summed E-state index contributed by atoms with van der Waals surface area (Å²) in [6.45, 7) is 0.202. The predicted molar refractivity (Wildman–Crippen MR) is 111 cm³/mol. The Morgan fingerprint density at radius 3 is 2.62 bits per heavy atom. The number of thiophene rings is 1. The zero-order valence-electron chi connectivity index (χ0n) is 13.2. The molecule has 5 nitrogen and oxygen atoms in total. The molecular formula is C17H12BrClN2O3S2. The van der Waals surface area contributed by atoms with E-state index in [-0.39, 0.29) is 18.9 Å². The van der Waals surface area contributed by atoms with Crippen molar-refractivity contribution in [3.8, 4) is 0 Å². The van der Waals surface area contributed by atoms with E-state index < -0.39 is 5.97 Å². The van der Waals surface area contributed by atoms with Gasteiger partial charge in [0, 0.05) is 22.1 Å². The minimum absolute atomic E-state index is 0.0761. The molecule has 0 saturated heterocycles. The smallest absolute Gasteiger partial charge is 0.305 e. The van der Waals surface area contributed by atoms with Crippen LogP contribution >= 0.6 is 50.6 Å². The van der Waals surface area contributed by atoms with Crippen LogP contribution in [0.2, 0.25) is 5.02 Å². The lowest BCUT2D eigenvalue weighted by Gasteiger charge is -2.22. The van der Waals surface area contributed by atoms with Crippen LogP contribution in [0.5, 0.6) is 0 Å². The van der Waals surface area contributed by atoms with Crippen molar-refractivity contribution >= 4 is 79.4 Å². The molecule has 1 aromatic heterocycles. The summed E-state index contributed by atoms with van der Waals surface area (Å²) in [5, 5.41) is 10.1. The van der Waals surface area contributed by atoms with Crippen molar-refractivity contribution in [3.05, 3.63) is 55.0 Å². The normalized spacial score (nSPS) is 15.4. The average Bonchev–Trinajstić information content (AvgIpc) is 3.15. The molecule has 0 fully saturated rings. The van der Waals surface area contributed by atoms with Crippen molar-refractivity contribution in [1.29, 1.82) is 0 Å². The highest BCUT2D eigenvalue weighted by atomic mass is 79.9. The van der Waals surface area contributed by atoms with Crippen molar-refractivity contribution in [2.24, 2.45) is 4.99 Å². The second-order valence-electron chi connectivity index (χ2n) is 5.22. The van der Waals surface area contributed by atoms with E-state index in [0.29, 0.717) is 15.1 Å². The van der Waals surface area contributed by atoms with Crippen LogP contribution < -0.4 is 4.90 Å². The number of amides is 1. The second kappa shape index (κ2) is 8.39. The molecule has 1 aliphatic rings. The van der Waals surface area contributed by atoms with Crippen LogP contribution in [-0.4, -0.2) is 28.7 Å². The lowest BCUT2D eigenvalue weighted by molar-refractivity contribution is -0.136. The number of carbonyl (C=O) groups is 2. The number of carboxylic acid groups (broad SMARTS) is 1. The lowest BCUT2D eigenvalue weighted by atomic mass is 10.3. The highest BCUT2D eigenvalue weighted by Crippen LogP contribution is 2.34. The Morgan fingerprint density at radius 2 is 2.00 bits per heavy atom. The van der Waals surface area contributed by atoms with Gasteiger partial charge in [-0.1, -0.05) is 11.6 Å². The first-order valence-corrected chi connectivity index (χ1v) is 10.3. The SMILES string of the molecule is O=C(O)CCN(C1=NC(=O)C(=Cc2ccc(Br)s2)S1)c1ccc(Cl)cc1. The van der Waals surface area contributed by atoms with Gasteiger partial charge in [0.05, 0.1) is 15.1 Å². The zero-order chi connectivity index (χ0) is 18.7. The fraction of sp³-hybridized carbons (Fsp3) is 0.118. The number of nitrogens with zero attached hydrogens (tertiary/aromatic N) is 2. The van der Waals surface area contributed by atoms with Gasteiger partial charge in [0.15, 0.2) is 5.17 Å². The number of benzene rings is 1. The number of aliphatic imine (C=N–C) groups is 1. The van der Waals surface area contributed by atoms with Crippen LogP contribution in [0.25, 0.3) is 6.08 Å². The molecule has 9 heteroatoms. The van der Waals surface area contributed by atoms with Crippen LogP contribution in [0.1, 0.15) is 11.3 Å². The van der Waals surface area contributed by atoms with Crippen LogP contribution in [0.3, 0.4) is 0 Å². The molecule has 1 aromatic carbocycles. The molecule has 0 bridgehead atoms. The van der Waals surface area contributed by atoms with Gasteiger partial charge in [0.25, 0.3) is 5.91 Å². The zero-order valence-corrected chi connectivity index (χ0v) is 17.2. The fourth-order valence-corrected chi connectivity index (χ4v) is 4.73. The molecule has 2 heterocycles. The van der Waals surface area contributed by atoms with Gasteiger partial charge in [0.1, 0.15) is 0 Å². The van der Waals surface area contributed by atoms with Crippen molar-refractivity contribution < 1.29 is 14.7 Å². The molecule has 3 rings (SSSR count). The number of halogens is 2. The topological polar surface area (TPSA) is 70.0 Å². The van der Waals surface area contributed by atoms with Crippen molar-refractivity contribution in [3.63, 3.8) is 0 Å². The molecule has 0 radical (unpaired) electrons. The molecule has 0 spiro atoms. The fourth-order valence-electron chi connectivity index (χ4n) is 2.21. The summed E-state index contributed by atoms with van der Waals surface area (Å²) in [6, 6.07) is 10.8. The first kappa shape index (κ1) is 19.2. The molecule has 0 saturated carbocycles. The maximum atomic E-state index is 12.3. The Hall–Kier alpha value is -1.61. The molecule has 26 heavy (non-hydrogen) atoms. The van der Waals surface area contributed by atoms with Crippen LogP contribution in [0.15, 0.2) is 50.1 Å². The lowest BCUT2D eigenvalue weighted by Crippen LogP contribution is -2.30. The first-order valence-electron chi connectivity index (χ1n) is 7.45. The van der Waals surface area contributed by atoms with E-state index in [9.17, 15) is 9.59 Å². The number of carboxylic acids is 1. The monoisotopic (exact) mass is 470 g/mol. The van der Waals surface area contributed by atoms with Gasteiger partial charge in [-0.25, -0.2) is 0 Å². The maximum Gasteiger partial charge on any atom is 0.305 e. The first-order chi connectivity index (χ1) is 12.4. The Kier molecular flexibility index (Phi) is 6.18. The Balaban J connectivity index is 1.85. The third kappa shape index (κ3) is 4.76. The average molecular weight is 472 g/mol. The summed E-state index contributed by atoms with van der Waals surface area (Å²) < 4.78 is 0.977. The van der Waals surface area contributed by atoms with Crippen LogP contribution in [-0.2, 0) is 9.59 Å². The summed E-state index contributed by atoms with van der Waals surface area (Å²) in [7, 11) is 0. The van der Waals surface area contributed by atoms with E-state index in [2.05, 4.69) is 20.9 Å². The van der Waals surface area contributed by atoms with Crippen LogP contribution in [0.4, 0.5) is 5.69 Å². The van der Waals surface area contributed by atoms with Crippen molar-refractivity contribution in [2.75, 3.05) is 11.4 Å². The molecule has 1 aliphatic heterocycles. The second-order valence-corrected chi connectivity index (χ2v) is 9.16. The van der Waals surface area contributed by atoms with E-state index in [0.717, 1.165) is 14.4 Å². The van der Waals surface area contributed by atoms with Crippen molar-refractivity contribution in [1.82, 2.24) is 0 Å². The Morgan fingerprint density at radius 1 is 1.27 bits per heavy atom. The minimum atomic E-state index is -0.918. The number of anilines is 1. The largest absolute Gasteiger partial charge is 0.481 e. The van der Waals surface area contributed by atoms with Crippen molar-refractivity contribution in [2.45, 2.75) is 6.42 Å². The number of carbonyl (C=O) groups excluding carboxylic acids is 1. The number of aliphatic carboxylic acids is 1. The summed E-state index contributed by atoms with van der Waals surface area (Å²) in [5.41, 5.74) is 0.731. The van der Waals surface area contributed by atoms with Gasteiger partial charge in [-0.15, -0.1) is 11.3 Å². The van der Waals surface area contributed by atoms with E-state index in [1.165, 1.54) is 23.1 Å². The molecule has 1 N–H and O–H groups in total. The van der Waals surface area contributed by atoms with Gasteiger partial charge in [0.2, 0.25) is 0 Å². The van der Waals surface area contributed by atoms with Crippen LogP contribution in [0, 0.1) is 0 Å². The van der Waals surface area contributed by atoms with Gasteiger partial charge in [-0.2, -0.15) is 4.99 Å². The van der Waals surface area contributed by atoms with E-state index in [4.69, 9.17) is 16.7 Å². The molecule has 2 aromatic rings. The molecule has 0 aliphatic carbocycles. The Labute approximate surface area is 171 Å². The van der Waals surface area contributed by atoms with Gasteiger partial charge in [-0.3, -0.25) is 9.59 Å². The summed E-state index contributed by atoms with van der Waals surface area (Å²) >= 11 is 12.1. The van der Waals surface area contributed by atoms with E-state index >= 15 is 0 Å². The molecule has 0 atom stereocenters. The highest BCUT2D eigenvalue weighted by Gasteiger charge is 2.27. The minimum Gasteiger partial charge on any atom is -0.481 e. The van der Waals surface area contributed by atoms with Gasteiger partial charge >= 0.3 is 5.97 Å². The van der Waals surface area contributed by atoms with Gasteiger partial charge in [-0.05, 0) is 70.2 Å². The summed E-state index contributed by atoms with van der Waals surface area (Å²) in [5.74, 6) is -1.25. The molecular weight excluding hydrogens is 460 g/mol. The predicted octanol–water partition coefficient (Wildman–Crippen LogP) is 5.12. The Bertz CT molecular complexity index is 909. The quantitative estimate of drug-likeness (QED) is 0.613. The molecule has 1 amide bonds. The maximum absolute atomic E-state index is 12.3. The number of hydrogen-bond acceptors (Lipinski definition) is 5. The summed E-state index contributed by atoms with van der Waals surface area (Å²) in [6.07, 6.45) is 1.71. The highest BCUT2D eigenvalue weighted by molar-refractivity contribution is 9.11. The van der Waals surface area contributed by atoms with E-state index in [1.807, 2.05) is 12.1 Å². The summed E-state index contributed by atoms with van der Waals surface area (Å²) in [4.78, 5) is 30.6. The standard InChI is InChI=1S/C17H12BrClN2O3S2/c18-14-6-5-12(25-14)9-13-16(24)20-17(26-13)21(8-7-15(22)23)11-3-1-10(19)2-4-11/h1-6,9H,7-8H2,(H,22,23). The number of rotatable bonds is 5. The number of amidine groups is 1. The molecule has 0 unspecified atom stereocenters.